The standard InChI is InChI=1S/C9H15N3/c1-9(2)6-10-8(9)7-4-11-12(3)5-7/h4-5,8,10H,6H2,1-3H3/t8-/m0/s1. The molecule has 66 valence electrons. The molecular formula is C9H15N3. The van der Waals surface area contributed by atoms with E-state index in [2.05, 4.69) is 30.5 Å². The summed E-state index contributed by atoms with van der Waals surface area (Å²) in [5.41, 5.74) is 1.69. The quantitative estimate of drug-likeness (QED) is 0.675. The van der Waals surface area contributed by atoms with Gasteiger partial charge in [-0.1, -0.05) is 13.8 Å². The van der Waals surface area contributed by atoms with E-state index in [1.54, 1.807) is 0 Å². The maximum Gasteiger partial charge on any atom is 0.0537 e. The minimum Gasteiger partial charge on any atom is -0.309 e. The minimum atomic E-state index is 0.392. The lowest BCUT2D eigenvalue weighted by Gasteiger charge is -2.45. The van der Waals surface area contributed by atoms with E-state index in [9.17, 15) is 0 Å². The Hall–Kier alpha value is -0.830. The van der Waals surface area contributed by atoms with Crippen LogP contribution in [0.2, 0.25) is 0 Å². The van der Waals surface area contributed by atoms with Crippen LogP contribution in [0.5, 0.6) is 0 Å². The van der Waals surface area contributed by atoms with Crippen LogP contribution in [0.1, 0.15) is 25.5 Å². The fourth-order valence-corrected chi connectivity index (χ4v) is 1.77. The zero-order chi connectivity index (χ0) is 8.77. The predicted octanol–water partition coefficient (Wildman–Crippen LogP) is 1.09. The molecule has 0 aliphatic carbocycles. The van der Waals surface area contributed by atoms with Crippen molar-refractivity contribution >= 4 is 0 Å². The van der Waals surface area contributed by atoms with Crippen LogP contribution >= 0.6 is 0 Å². The van der Waals surface area contributed by atoms with Gasteiger partial charge in [-0.15, -0.1) is 0 Å². The van der Waals surface area contributed by atoms with Crippen LogP contribution in [0.25, 0.3) is 0 Å². The Morgan fingerprint density at radius 3 is 2.75 bits per heavy atom. The highest BCUT2D eigenvalue weighted by Gasteiger charge is 2.39. The van der Waals surface area contributed by atoms with Crippen molar-refractivity contribution in [3.05, 3.63) is 18.0 Å². The fraction of sp³-hybridized carbons (Fsp3) is 0.667. The lowest BCUT2D eigenvalue weighted by atomic mass is 9.75. The lowest BCUT2D eigenvalue weighted by Crippen LogP contribution is -2.52. The van der Waals surface area contributed by atoms with E-state index < -0.39 is 0 Å². The summed E-state index contributed by atoms with van der Waals surface area (Å²) in [5.74, 6) is 0. The summed E-state index contributed by atoms with van der Waals surface area (Å²) in [5, 5.41) is 7.57. The minimum absolute atomic E-state index is 0.392. The lowest BCUT2D eigenvalue weighted by molar-refractivity contribution is 0.128. The molecule has 1 aliphatic rings. The summed E-state index contributed by atoms with van der Waals surface area (Å²) in [6.07, 6.45) is 4.02. The van der Waals surface area contributed by atoms with E-state index in [-0.39, 0.29) is 0 Å². The molecule has 1 saturated heterocycles. The maximum absolute atomic E-state index is 4.16. The summed E-state index contributed by atoms with van der Waals surface area (Å²) >= 11 is 0. The zero-order valence-electron chi connectivity index (χ0n) is 7.83. The van der Waals surface area contributed by atoms with Crippen LogP contribution in [0.15, 0.2) is 12.4 Å². The molecule has 3 nitrogen and oxygen atoms in total. The van der Waals surface area contributed by atoms with Crippen molar-refractivity contribution in [3.8, 4) is 0 Å². The van der Waals surface area contributed by atoms with Gasteiger partial charge in [-0.25, -0.2) is 0 Å². The average molecular weight is 165 g/mol. The van der Waals surface area contributed by atoms with E-state index in [1.165, 1.54) is 5.56 Å². The summed E-state index contributed by atoms with van der Waals surface area (Å²) in [6, 6.07) is 0.492. The fourth-order valence-electron chi connectivity index (χ4n) is 1.77. The number of nitrogens with one attached hydrogen (secondary N) is 1. The van der Waals surface area contributed by atoms with Gasteiger partial charge in [0, 0.05) is 31.4 Å². The van der Waals surface area contributed by atoms with Crippen molar-refractivity contribution in [3.63, 3.8) is 0 Å². The van der Waals surface area contributed by atoms with Crippen LogP contribution in [-0.4, -0.2) is 16.3 Å². The summed E-state index contributed by atoms with van der Waals surface area (Å²) in [4.78, 5) is 0. The molecule has 1 fully saturated rings. The van der Waals surface area contributed by atoms with Crippen molar-refractivity contribution in [1.82, 2.24) is 15.1 Å². The van der Waals surface area contributed by atoms with E-state index in [0.717, 1.165) is 6.54 Å². The van der Waals surface area contributed by atoms with Gasteiger partial charge in [0.25, 0.3) is 0 Å². The Labute approximate surface area is 72.8 Å². The van der Waals surface area contributed by atoms with Crippen molar-refractivity contribution in [1.29, 1.82) is 0 Å². The van der Waals surface area contributed by atoms with Gasteiger partial charge < -0.3 is 5.32 Å². The summed E-state index contributed by atoms with van der Waals surface area (Å²) in [6.45, 7) is 5.66. The Morgan fingerprint density at radius 1 is 1.67 bits per heavy atom. The number of aromatic nitrogens is 2. The topological polar surface area (TPSA) is 29.9 Å². The molecule has 0 amide bonds. The van der Waals surface area contributed by atoms with E-state index >= 15 is 0 Å². The Bertz CT molecular complexity index is 288. The number of hydrogen-bond acceptors (Lipinski definition) is 2. The van der Waals surface area contributed by atoms with Crippen molar-refractivity contribution in [2.24, 2.45) is 12.5 Å². The van der Waals surface area contributed by atoms with Gasteiger partial charge >= 0.3 is 0 Å². The predicted molar refractivity (Wildman–Crippen MR) is 47.7 cm³/mol. The largest absolute Gasteiger partial charge is 0.309 e. The first-order valence-electron chi connectivity index (χ1n) is 4.31. The molecular weight excluding hydrogens is 150 g/mol. The van der Waals surface area contributed by atoms with Crippen LogP contribution < -0.4 is 5.32 Å². The number of hydrogen-bond donors (Lipinski definition) is 1. The van der Waals surface area contributed by atoms with Crippen molar-refractivity contribution in [2.75, 3.05) is 6.54 Å². The zero-order valence-corrected chi connectivity index (χ0v) is 7.83. The Kier molecular flexibility index (Phi) is 1.51. The molecule has 0 radical (unpaired) electrons. The highest BCUT2D eigenvalue weighted by molar-refractivity contribution is 5.18. The van der Waals surface area contributed by atoms with Crippen LogP contribution in [0.3, 0.4) is 0 Å². The first kappa shape index (κ1) is 7.80. The summed E-state index contributed by atoms with van der Waals surface area (Å²) in [7, 11) is 1.95. The Balaban J connectivity index is 2.21. The molecule has 1 aromatic heterocycles. The number of nitrogens with zero attached hydrogens (tertiary/aromatic N) is 2. The molecule has 0 unspecified atom stereocenters. The molecule has 2 heterocycles. The average Bonchev–Trinajstić information content (AvgIpc) is 2.34. The Morgan fingerprint density at radius 2 is 2.42 bits per heavy atom. The van der Waals surface area contributed by atoms with E-state index in [0.29, 0.717) is 11.5 Å². The number of aryl methyl sites for hydroxylation is 1. The molecule has 0 aromatic carbocycles. The van der Waals surface area contributed by atoms with Crippen LogP contribution in [0.4, 0.5) is 0 Å². The molecule has 1 atom stereocenters. The summed E-state index contributed by atoms with van der Waals surface area (Å²) < 4.78 is 1.85. The van der Waals surface area contributed by atoms with Crippen molar-refractivity contribution in [2.45, 2.75) is 19.9 Å². The molecule has 2 rings (SSSR count). The third-order valence-corrected chi connectivity index (χ3v) is 2.60. The van der Waals surface area contributed by atoms with Gasteiger partial charge in [0.15, 0.2) is 0 Å². The van der Waals surface area contributed by atoms with Crippen LogP contribution in [-0.2, 0) is 7.05 Å². The first-order chi connectivity index (χ1) is 5.59. The highest BCUT2D eigenvalue weighted by Crippen LogP contribution is 2.39. The van der Waals surface area contributed by atoms with Gasteiger partial charge in [-0.3, -0.25) is 4.68 Å². The van der Waals surface area contributed by atoms with Gasteiger partial charge in [-0.2, -0.15) is 5.10 Å². The second-order valence-corrected chi connectivity index (χ2v) is 4.25. The van der Waals surface area contributed by atoms with Gasteiger partial charge in [0.1, 0.15) is 0 Å². The monoisotopic (exact) mass is 165 g/mol. The van der Waals surface area contributed by atoms with Crippen LogP contribution in [0, 0.1) is 5.41 Å². The maximum atomic E-state index is 4.16. The number of rotatable bonds is 1. The third kappa shape index (κ3) is 1.05. The molecule has 1 N–H and O–H groups in total. The molecule has 0 bridgehead atoms. The smallest absolute Gasteiger partial charge is 0.0537 e. The molecule has 0 spiro atoms. The molecule has 12 heavy (non-hydrogen) atoms. The van der Waals surface area contributed by atoms with E-state index in [1.807, 2.05) is 17.9 Å². The van der Waals surface area contributed by atoms with Gasteiger partial charge in [0.2, 0.25) is 0 Å². The van der Waals surface area contributed by atoms with Gasteiger partial charge in [-0.05, 0) is 5.41 Å². The van der Waals surface area contributed by atoms with E-state index in [4.69, 9.17) is 0 Å². The van der Waals surface area contributed by atoms with Gasteiger partial charge in [0.05, 0.1) is 6.20 Å². The second-order valence-electron chi connectivity index (χ2n) is 4.25. The molecule has 1 aromatic rings. The molecule has 1 aliphatic heterocycles. The second kappa shape index (κ2) is 2.33. The molecule has 0 saturated carbocycles. The normalized spacial score (nSPS) is 26.8. The molecule has 3 heteroatoms. The SMILES string of the molecule is Cn1cc([C@@H]2NCC2(C)C)cn1. The third-order valence-electron chi connectivity index (χ3n) is 2.60. The highest BCUT2D eigenvalue weighted by atomic mass is 15.2. The first-order valence-corrected chi connectivity index (χ1v) is 4.31. The van der Waals surface area contributed by atoms with Crippen molar-refractivity contribution < 1.29 is 0 Å².